The lowest BCUT2D eigenvalue weighted by Gasteiger charge is -2.05. The molecule has 0 spiro atoms. The molecule has 1 heterocycles. The molecule has 0 fully saturated rings. The van der Waals surface area contributed by atoms with Crippen LogP contribution in [-0.2, 0) is 4.79 Å². The van der Waals surface area contributed by atoms with Gasteiger partial charge in [-0.25, -0.2) is 0 Å². The van der Waals surface area contributed by atoms with Crippen molar-refractivity contribution in [3.8, 4) is 0 Å². The Morgan fingerprint density at radius 3 is 3.07 bits per heavy atom. The number of halogens is 1. The van der Waals surface area contributed by atoms with E-state index in [1.54, 1.807) is 0 Å². The molecule has 1 aliphatic rings. The Balaban J connectivity index is 2.05. The molecule has 1 aliphatic heterocycles. The highest BCUT2D eigenvalue weighted by Crippen LogP contribution is 2.15. The SMILES string of the molecule is O=C(Nc1cccc(Br)c1)C1=NCCN1. The number of carbonyl (C=O) groups excluding carboxylic acids is 1. The number of benzene rings is 1. The smallest absolute Gasteiger partial charge is 0.290 e. The Bertz CT molecular complexity index is 417. The standard InChI is InChI=1S/C10H10BrN3O/c11-7-2-1-3-8(6-7)14-10(15)9-12-4-5-13-9/h1-3,6H,4-5H2,(H,12,13)(H,14,15). The van der Waals surface area contributed by atoms with Crippen molar-refractivity contribution in [2.75, 3.05) is 18.4 Å². The summed E-state index contributed by atoms with van der Waals surface area (Å²) in [5.41, 5.74) is 0.755. The van der Waals surface area contributed by atoms with Gasteiger partial charge in [-0.15, -0.1) is 0 Å². The lowest BCUT2D eigenvalue weighted by atomic mass is 10.3. The summed E-state index contributed by atoms with van der Waals surface area (Å²) >= 11 is 3.34. The first-order valence-corrected chi connectivity index (χ1v) is 5.40. The highest BCUT2D eigenvalue weighted by atomic mass is 79.9. The van der Waals surface area contributed by atoms with E-state index in [4.69, 9.17) is 0 Å². The first-order chi connectivity index (χ1) is 7.25. The molecule has 2 rings (SSSR count). The van der Waals surface area contributed by atoms with Gasteiger partial charge >= 0.3 is 0 Å². The average Bonchev–Trinajstić information content (AvgIpc) is 2.70. The Kier molecular flexibility index (Phi) is 3.01. The minimum absolute atomic E-state index is 0.189. The van der Waals surface area contributed by atoms with E-state index in [-0.39, 0.29) is 5.91 Å². The second kappa shape index (κ2) is 4.44. The van der Waals surface area contributed by atoms with Crippen LogP contribution in [-0.4, -0.2) is 24.8 Å². The van der Waals surface area contributed by atoms with Crippen molar-refractivity contribution < 1.29 is 4.79 Å². The van der Waals surface area contributed by atoms with Crippen molar-refractivity contribution in [1.29, 1.82) is 0 Å². The molecule has 0 aromatic heterocycles. The molecule has 0 saturated heterocycles. The van der Waals surface area contributed by atoms with Crippen molar-refractivity contribution in [3.05, 3.63) is 28.7 Å². The van der Waals surface area contributed by atoms with Gasteiger partial charge in [0.05, 0.1) is 6.54 Å². The lowest BCUT2D eigenvalue weighted by Crippen LogP contribution is -2.32. The van der Waals surface area contributed by atoms with E-state index in [2.05, 4.69) is 31.6 Å². The van der Waals surface area contributed by atoms with Gasteiger partial charge in [0.15, 0.2) is 5.84 Å². The summed E-state index contributed by atoms with van der Waals surface area (Å²) in [6, 6.07) is 7.44. The highest BCUT2D eigenvalue weighted by Gasteiger charge is 2.14. The molecule has 0 unspecified atom stereocenters. The molecule has 5 heteroatoms. The van der Waals surface area contributed by atoms with E-state index in [1.165, 1.54) is 0 Å². The van der Waals surface area contributed by atoms with Crippen molar-refractivity contribution in [3.63, 3.8) is 0 Å². The van der Waals surface area contributed by atoms with Crippen LogP contribution >= 0.6 is 15.9 Å². The van der Waals surface area contributed by atoms with Gasteiger partial charge in [0.25, 0.3) is 5.91 Å². The van der Waals surface area contributed by atoms with Crippen LogP contribution in [0.25, 0.3) is 0 Å². The minimum Gasteiger partial charge on any atom is -0.364 e. The van der Waals surface area contributed by atoms with Gasteiger partial charge in [-0.2, -0.15) is 0 Å². The fourth-order valence-corrected chi connectivity index (χ4v) is 1.71. The molecule has 0 aliphatic carbocycles. The maximum absolute atomic E-state index is 11.6. The Morgan fingerprint density at radius 2 is 2.40 bits per heavy atom. The number of amides is 1. The number of aliphatic imine (C=N–C) groups is 1. The molecule has 1 aromatic carbocycles. The number of hydrogen-bond acceptors (Lipinski definition) is 3. The quantitative estimate of drug-likeness (QED) is 0.851. The molecule has 4 nitrogen and oxygen atoms in total. The summed E-state index contributed by atoms with van der Waals surface area (Å²) in [5.74, 6) is 0.223. The van der Waals surface area contributed by atoms with E-state index in [9.17, 15) is 4.79 Å². The molecule has 1 aromatic rings. The first kappa shape index (κ1) is 10.2. The summed E-state index contributed by atoms with van der Waals surface area (Å²) in [7, 11) is 0. The second-order valence-corrected chi connectivity index (χ2v) is 4.04. The summed E-state index contributed by atoms with van der Waals surface area (Å²) in [6.07, 6.45) is 0. The van der Waals surface area contributed by atoms with Gasteiger partial charge in [-0.3, -0.25) is 9.79 Å². The minimum atomic E-state index is -0.189. The van der Waals surface area contributed by atoms with Crippen LogP contribution in [0, 0.1) is 0 Å². The molecule has 78 valence electrons. The van der Waals surface area contributed by atoms with Crippen LogP contribution in [0.1, 0.15) is 0 Å². The molecule has 0 radical (unpaired) electrons. The third kappa shape index (κ3) is 2.56. The highest BCUT2D eigenvalue weighted by molar-refractivity contribution is 9.10. The molecule has 0 bridgehead atoms. The Hall–Kier alpha value is -1.36. The predicted octanol–water partition coefficient (Wildman–Crippen LogP) is 1.39. The summed E-state index contributed by atoms with van der Waals surface area (Å²) in [5, 5.41) is 5.68. The van der Waals surface area contributed by atoms with Gasteiger partial charge < -0.3 is 10.6 Å². The molecule has 1 amide bonds. The fourth-order valence-electron chi connectivity index (χ4n) is 1.31. The van der Waals surface area contributed by atoms with E-state index in [1.807, 2.05) is 24.3 Å². The van der Waals surface area contributed by atoms with Crippen molar-refractivity contribution in [2.45, 2.75) is 0 Å². The third-order valence-corrected chi connectivity index (χ3v) is 2.46. The van der Waals surface area contributed by atoms with Gasteiger partial charge in [0.1, 0.15) is 0 Å². The Morgan fingerprint density at radius 1 is 1.53 bits per heavy atom. The number of carbonyl (C=O) groups is 1. The molecular formula is C10H10BrN3O. The van der Waals surface area contributed by atoms with Crippen LogP contribution < -0.4 is 10.6 Å². The first-order valence-electron chi connectivity index (χ1n) is 4.61. The fraction of sp³-hybridized carbons (Fsp3) is 0.200. The third-order valence-electron chi connectivity index (χ3n) is 1.97. The maximum atomic E-state index is 11.6. The van der Waals surface area contributed by atoms with Crippen LogP contribution in [0.15, 0.2) is 33.7 Å². The van der Waals surface area contributed by atoms with Crippen LogP contribution in [0.5, 0.6) is 0 Å². The zero-order valence-corrected chi connectivity index (χ0v) is 9.54. The largest absolute Gasteiger partial charge is 0.364 e. The summed E-state index contributed by atoms with van der Waals surface area (Å²) in [6.45, 7) is 1.41. The van der Waals surface area contributed by atoms with Crippen molar-refractivity contribution in [2.24, 2.45) is 4.99 Å². The zero-order valence-electron chi connectivity index (χ0n) is 7.96. The normalized spacial score (nSPS) is 14.3. The molecule has 0 atom stereocenters. The van der Waals surface area contributed by atoms with Crippen molar-refractivity contribution >= 4 is 33.4 Å². The molecule has 2 N–H and O–H groups in total. The summed E-state index contributed by atoms with van der Waals surface area (Å²) < 4.78 is 0.932. The van der Waals surface area contributed by atoms with E-state index in [0.29, 0.717) is 12.4 Å². The molecule has 0 saturated carbocycles. The number of anilines is 1. The number of amidine groups is 1. The number of nitrogens with one attached hydrogen (secondary N) is 2. The summed E-state index contributed by atoms with van der Waals surface area (Å²) in [4.78, 5) is 15.6. The average molecular weight is 268 g/mol. The zero-order chi connectivity index (χ0) is 10.7. The Labute approximate surface area is 95.9 Å². The number of hydrogen-bond donors (Lipinski definition) is 2. The monoisotopic (exact) mass is 267 g/mol. The van der Waals surface area contributed by atoms with Crippen LogP contribution in [0.3, 0.4) is 0 Å². The topological polar surface area (TPSA) is 53.5 Å². The number of nitrogens with zero attached hydrogens (tertiary/aromatic N) is 1. The van der Waals surface area contributed by atoms with E-state index >= 15 is 0 Å². The predicted molar refractivity (Wildman–Crippen MR) is 63.1 cm³/mol. The van der Waals surface area contributed by atoms with E-state index in [0.717, 1.165) is 16.7 Å². The van der Waals surface area contributed by atoms with Crippen LogP contribution in [0.4, 0.5) is 5.69 Å². The lowest BCUT2D eigenvalue weighted by molar-refractivity contribution is -0.110. The van der Waals surface area contributed by atoms with Crippen molar-refractivity contribution in [1.82, 2.24) is 5.32 Å². The van der Waals surface area contributed by atoms with Gasteiger partial charge in [-0.1, -0.05) is 22.0 Å². The van der Waals surface area contributed by atoms with Crippen LogP contribution in [0.2, 0.25) is 0 Å². The van der Waals surface area contributed by atoms with Gasteiger partial charge in [0.2, 0.25) is 0 Å². The van der Waals surface area contributed by atoms with Gasteiger partial charge in [-0.05, 0) is 18.2 Å². The maximum Gasteiger partial charge on any atom is 0.290 e. The molecular weight excluding hydrogens is 258 g/mol. The number of rotatable bonds is 2. The second-order valence-electron chi connectivity index (χ2n) is 3.12. The molecule has 15 heavy (non-hydrogen) atoms. The van der Waals surface area contributed by atoms with Gasteiger partial charge in [0, 0.05) is 16.7 Å². The van der Waals surface area contributed by atoms with E-state index < -0.39 is 0 Å².